The molecule has 0 saturated carbocycles. The van der Waals surface area contributed by atoms with Crippen molar-refractivity contribution in [2.75, 3.05) is 26.2 Å². The van der Waals surface area contributed by atoms with Crippen molar-refractivity contribution in [3.63, 3.8) is 0 Å². The van der Waals surface area contributed by atoms with Gasteiger partial charge in [-0.25, -0.2) is 4.39 Å². The van der Waals surface area contributed by atoms with Gasteiger partial charge in [-0.1, -0.05) is 26.0 Å². The molecule has 1 fully saturated rings. The number of hydrogen-bond acceptors (Lipinski definition) is 2. The molecule has 0 radical (unpaired) electrons. The maximum absolute atomic E-state index is 13.1. The number of nitrogens with one attached hydrogen (secondary N) is 1. The van der Waals surface area contributed by atoms with Crippen LogP contribution in [0, 0.1) is 5.82 Å². The lowest BCUT2D eigenvalue weighted by Crippen LogP contribution is -2.41. The van der Waals surface area contributed by atoms with E-state index in [2.05, 4.69) is 24.1 Å². The highest BCUT2D eigenvalue weighted by Gasteiger charge is 2.25. The number of hydrogen-bond donors (Lipinski definition) is 2. The number of aliphatic hydroxyl groups is 1. The number of halogens is 2. The third-order valence-electron chi connectivity index (χ3n) is 4.05. The third-order valence-corrected chi connectivity index (χ3v) is 4.05. The Hall–Kier alpha value is -0.890. The molecule has 0 aromatic heterocycles. The van der Waals surface area contributed by atoms with Crippen molar-refractivity contribution >= 4 is 29.9 Å². The number of nitrogens with zero attached hydrogens (tertiary/aromatic N) is 2. The number of likely N-dealkylation sites (tertiary alicyclic amines) is 1. The van der Waals surface area contributed by atoms with E-state index in [0.29, 0.717) is 13.1 Å². The van der Waals surface area contributed by atoms with Gasteiger partial charge in [0.1, 0.15) is 5.82 Å². The molecule has 1 heterocycles. The van der Waals surface area contributed by atoms with Crippen LogP contribution in [0.15, 0.2) is 29.3 Å². The zero-order valence-corrected chi connectivity index (χ0v) is 16.4. The van der Waals surface area contributed by atoms with Crippen LogP contribution in [0.2, 0.25) is 0 Å². The fourth-order valence-corrected chi connectivity index (χ4v) is 2.62. The Labute approximate surface area is 155 Å². The molecule has 0 spiro atoms. The van der Waals surface area contributed by atoms with E-state index >= 15 is 0 Å². The van der Waals surface area contributed by atoms with E-state index in [1.54, 1.807) is 0 Å². The van der Waals surface area contributed by atoms with Crippen LogP contribution in [-0.4, -0.2) is 48.2 Å². The molecule has 4 nitrogen and oxygen atoms in total. The van der Waals surface area contributed by atoms with E-state index in [0.717, 1.165) is 31.0 Å². The number of rotatable bonds is 4. The summed E-state index contributed by atoms with van der Waals surface area (Å²) in [5.74, 6) is 0.622. The minimum absolute atomic E-state index is 0. The molecule has 1 aliphatic rings. The summed E-state index contributed by atoms with van der Waals surface area (Å²) in [6.45, 7) is 9.09. The summed E-state index contributed by atoms with van der Waals surface area (Å²) < 4.78 is 13.1. The van der Waals surface area contributed by atoms with Crippen LogP contribution in [0.5, 0.6) is 0 Å². The summed E-state index contributed by atoms with van der Waals surface area (Å²) >= 11 is 0. The summed E-state index contributed by atoms with van der Waals surface area (Å²) in [7, 11) is 0. The average Bonchev–Trinajstić information content (AvgIpc) is 2.90. The van der Waals surface area contributed by atoms with Crippen molar-refractivity contribution in [1.29, 1.82) is 0 Å². The monoisotopic (exact) mass is 435 g/mol. The second-order valence-electron chi connectivity index (χ2n) is 6.45. The van der Waals surface area contributed by atoms with Gasteiger partial charge in [0.05, 0.1) is 12.6 Å². The second kappa shape index (κ2) is 8.82. The fourth-order valence-electron chi connectivity index (χ4n) is 2.62. The van der Waals surface area contributed by atoms with Crippen LogP contribution in [0.3, 0.4) is 0 Å². The van der Waals surface area contributed by atoms with Crippen molar-refractivity contribution in [3.05, 3.63) is 35.6 Å². The first-order valence-electron chi connectivity index (χ1n) is 7.90. The van der Waals surface area contributed by atoms with Gasteiger partial charge in [-0.2, -0.15) is 0 Å². The highest BCUT2D eigenvalue weighted by molar-refractivity contribution is 14.0. The predicted molar refractivity (Wildman–Crippen MR) is 103 cm³/mol. The molecule has 0 unspecified atom stereocenters. The molecular formula is C17H27FIN3O. The SMILES string of the molecule is CCNC(=NCC(C)(C)c1ccc(F)cc1)N1CC[C@@H](O)C1.I. The Morgan fingerprint density at radius 3 is 2.57 bits per heavy atom. The van der Waals surface area contributed by atoms with Crippen LogP contribution < -0.4 is 5.32 Å². The van der Waals surface area contributed by atoms with Gasteiger partial charge >= 0.3 is 0 Å². The lowest BCUT2D eigenvalue weighted by molar-refractivity contribution is 0.187. The quantitative estimate of drug-likeness (QED) is 0.435. The van der Waals surface area contributed by atoms with Gasteiger partial charge in [0.25, 0.3) is 0 Å². The molecular weight excluding hydrogens is 408 g/mol. The summed E-state index contributed by atoms with van der Waals surface area (Å²) in [6, 6.07) is 6.61. The summed E-state index contributed by atoms with van der Waals surface area (Å²) in [5.41, 5.74) is 0.891. The van der Waals surface area contributed by atoms with Crippen LogP contribution in [0.1, 0.15) is 32.8 Å². The summed E-state index contributed by atoms with van der Waals surface area (Å²) in [6.07, 6.45) is 0.514. The van der Waals surface area contributed by atoms with Gasteiger partial charge in [-0.15, -0.1) is 24.0 Å². The van der Waals surface area contributed by atoms with Gasteiger partial charge in [0.15, 0.2) is 5.96 Å². The largest absolute Gasteiger partial charge is 0.391 e. The molecule has 0 amide bonds. The fraction of sp³-hybridized carbons (Fsp3) is 0.588. The molecule has 1 atom stereocenters. The molecule has 1 aromatic carbocycles. The molecule has 23 heavy (non-hydrogen) atoms. The topological polar surface area (TPSA) is 47.9 Å². The molecule has 130 valence electrons. The molecule has 2 rings (SSSR count). The molecule has 1 saturated heterocycles. The summed E-state index contributed by atoms with van der Waals surface area (Å²) in [4.78, 5) is 6.82. The van der Waals surface area contributed by atoms with Crippen LogP contribution in [-0.2, 0) is 5.41 Å². The molecule has 0 bridgehead atoms. The minimum Gasteiger partial charge on any atom is -0.391 e. The Morgan fingerprint density at radius 1 is 1.39 bits per heavy atom. The maximum atomic E-state index is 13.1. The van der Waals surface area contributed by atoms with Gasteiger partial charge < -0.3 is 15.3 Å². The van der Waals surface area contributed by atoms with Crippen molar-refractivity contribution in [2.45, 2.75) is 38.7 Å². The zero-order chi connectivity index (χ0) is 16.2. The molecule has 1 aromatic rings. The lowest BCUT2D eigenvalue weighted by Gasteiger charge is -2.26. The van der Waals surface area contributed by atoms with E-state index in [1.165, 1.54) is 12.1 Å². The van der Waals surface area contributed by atoms with Crippen LogP contribution in [0.25, 0.3) is 0 Å². The first-order chi connectivity index (χ1) is 10.4. The normalized spacial score (nSPS) is 18.7. The molecule has 1 aliphatic heterocycles. The van der Waals surface area contributed by atoms with Crippen molar-refractivity contribution < 1.29 is 9.50 Å². The van der Waals surface area contributed by atoms with Crippen LogP contribution in [0.4, 0.5) is 4.39 Å². The Morgan fingerprint density at radius 2 is 2.04 bits per heavy atom. The predicted octanol–water partition coefficient (Wildman–Crippen LogP) is 2.75. The van der Waals surface area contributed by atoms with E-state index in [9.17, 15) is 9.50 Å². The number of benzene rings is 1. The first-order valence-corrected chi connectivity index (χ1v) is 7.90. The van der Waals surface area contributed by atoms with E-state index in [4.69, 9.17) is 4.99 Å². The highest BCUT2D eigenvalue weighted by Crippen LogP contribution is 2.24. The smallest absolute Gasteiger partial charge is 0.194 e. The van der Waals surface area contributed by atoms with Crippen molar-refractivity contribution in [3.8, 4) is 0 Å². The summed E-state index contributed by atoms with van der Waals surface area (Å²) in [5, 5.41) is 13.0. The lowest BCUT2D eigenvalue weighted by atomic mass is 9.85. The third kappa shape index (κ3) is 5.60. The molecule has 6 heteroatoms. The standard InChI is InChI=1S/C17H26FN3O.HI/c1-4-19-16(21-10-9-15(22)11-21)20-12-17(2,3)13-5-7-14(18)8-6-13;/h5-8,15,22H,4,9-12H2,1-3H3,(H,19,20);1H/t15-;/m1./s1. The number of β-amino-alcohol motifs (C(OH)–C–C–N with tert-alkyl or cyclic N) is 1. The maximum Gasteiger partial charge on any atom is 0.194 e. The second-order valence-corrected chi connectivity index (χ2v) is 6.45. The zero-order valence-electron chi connectivity index (χ0n) is 14.1. The number of aliphatic imine (C=N–C) groups is 1. The number of aliphatic hydroxyl groups excluding tert-OH is 1. The minimum atomic E-state index is -0.269. The van der Waals surface area contributed by atoms with E-state index in [-0.39, 0.29) is 41.3 Å². The van der Waals surface area contributed by atoms with Gasteiger partial charge in [-0.3, -0.25) is 4.99 Å². The van der Waals surface area contributed by atoms with E-state index < -0.39 is 0 Å². The highest BCUT2D eigenvalue weighted by atomic mass is 127. The average molecular weight is 435 g/mol. The Balaban J connectivity index is 0.00000264. The Bertz CT molecular complexity index is 519. The molecule has 0 aliphatic carbocycles. The van der Waals surface area contributed by atoms with E-state index in [1.807, 2.05) is 19.1 Å². The van der Waals surface area contributed by atoms with Gasteiger partial charge in [0, 0.05) is 25.0 Å². The first kappa shape index (κ1) is 20.2. The van der Waals surface area contributed by atoms with Gasteiger partial charge in [-0.05, 0) is 31.0 Å². The van der Waals surface area contributed by atoms with Crippen molar-refractivity contribution in [2.24, 2.45) is 4.99 Å². The molecule has 2 N–H and O–H groups in total. The van der Waals surface area contributed by atoms with Crippen LogP contribution >= 0.6 is 24.0 Å². The van der Waals surface area contributed by atoms with Gasteiger partial charge in [0.2, 0.25) is 0 Å². The number of guanidine groups is 1. The Kier molecular flexibility index (Phi) is 7.73. The van der Waals surface area contributed by atoms with Crippen molar-refractivity contribution in [1.82, 2.24) is 10.2 Å².